The molecule has 0 aliphatic heterocycles. The number of hydrogen-bond acceptors (Lipinski definition) is 2. The van der Waals surface area contributed by atoms with E-state index >= 15 is 0 Å². The van der Waals surface area contributed by atoms with Crippen LogP contribution in [0, 0.1) is 5.92 Å². The Kier molecular flexibility index (Phi) is 17.9. The predicted octanol–water partition coefficient (Wildman–Crippen LogP) is 7.22. The van der Waals surface area contributed by atoms with Gasteiger partial charge in [0.05, 0.1) is 6.61 Å². The summed E-state index contributed by atoms with van der Waals surface area (Å²) in [5, 5.41) is 0. The molecule has 0 amide bonds. The van der Waals surface area contributed by atoms with Crippen molar-refractivity contribution in [3.63, 3.8) is 0 Å². The lowest BCUT2D eigenvalue weighted by Gasteiger charge is -2.17. The van der Waals surface area contributed by atoms with Gasteiger partial charge in [0.1, 0.15) is 0 Å². The van der Waals surface area contributed by atoms with Gasteiger partial charge in [-0.3, -0.25) is 0 Å². The zero-order chi connectivity index (χ0) is 17.9. The molecule has 0 aromatic heterocycles. The maximum atomic E-state index is 11.2. The zero-order valence-electron chi connectivity index (χ0n) is 16.5. The summed E-state index contributed by atoms with van der Waals surface area (Å²) in [4.78, 5) is 11.2. The minimum atomic E-state index is -0.284. The summed E-state index contributed by atoms with van der Waals surface area (Å²) in [6.07, 6.45) is 21.2. The quantitative estimate of drug-likeness (QED) is 0.150. The van der Waals surface area contributed by atoms with E-state index in [0.29, 0.717) is 6.61 Å². The molecule has 0 saturated heterocycles. The molecule has 142 valence electrons. The van der Waals surface area contributed by atoms with Crippen LogP contribution < -0.4 is 0 Å². The lowest BCUT2D eigenvalue weighted by molar-refractivity contribution is -0.138. The van der Waals surface area contributed by atoms with Crippen LogP contribution in [0.1, 0.15) is 110 Å². The minimum absolute atomic E-state index is 0.284. The summed E-state index contributed by atoms with van der Waals surface area (Å²) in [6.45, 7) is 8.54. The lowest BCUT2D eigenvalue weighted by atomic mass is 9.92. The van der Waals surface area contributed by atoms with Crippen molar-refractivity contribution in [2.75, 3.05) is 6.61 Å². The van der Waals surface area contributed by atoms with Crippen LogP contribution in [0.5, 0.6) is 0 Å². The van der Waals surface area contributed by atoms with E-state index in [4.69, 9.17) is 4.74 Å². The van der Waals surface area contributed by atoms with Crippen molar-refractivity contribution in [3.05, 3.63) is 12.7 Å². The van der Waals surface area contributed by atoms with Crippen molar-refractivity contribution in [3.8, 4) is 0 Å². The fourth-order valence-electron chi connectivity index (χ4n) is 3.24. The van der Waals surface area contributed by atoms with Gasteiger partial charge in [-0.1, -0.05) is 110 Å². The number of carbonyl (C=O) groups is 1. The highest BCUT2D eigenvalue weighted by Crippen LogP contribution is 2.22. The third-order valence-electron chi connectivity index (χ3n) is 4.87. The molecule has 0 radical (unpaired) electrons. The lowest BCUT2D eigenvalue weighted by Crippen LogP contribution is -2.09. The largest absolute Gasteiger partial charge is 0.463 e. The summed E-state index contributed by atoms with van der Waals surface area (Å²) in [7, 11) is 0. The Morgan fingerprint density at radius 1 is 0.792 bits per heavy atom. The number of carbonyl (C=O) groups excluding carboxylic acids is 1. The van der Waals surface area contributed by atoms with Crippen LogP contribution in [0.3, 0.4) is 0 Å². The van der Waals surface area contributed by atoms with E-state index in [2.05, 4.69) is 20.4 Å². The van der Waals surface area contributed by atoms with Crippen molar-refractivity contribution in [1.82, 2.24) is 0 Å². The Labute approximate surface area is 151 Å². The van der Waals surface area contributed by atoms with Crippen LogP contribution in [0.2, 0.25) is 0 Å². The molecule has 0 aromatic rings. The molecule has 2 heteroatoms. The summed E-state index contributed by atoms with van der Waals surface area (Å²) < 4.78 is 5.18. The number of ether oxygens (including phenoxy) is 1. The van der Waals surface area contributed by atoms with E-state index < -0.39 is 0 Å². The van der Waals surface area contributed by atoms with Crippen molar-refractivity contribution in [2.24, 2.45) is 5.92 Å². The second-order valence-electron chi connectivity index (χ2n) is 7.14. The van der Waals surface area contributed by atoms with Crippen LogP contribution in [0.4, 0.5) is 0 Å². The Bertz CT molecular complexity index is 270. The van der Waals surface area contributed by atoms with Gasteiger partial charge in [-0.25, -0.2) is 4.79 Å². The van der Waals surface area contributed by atoms with Gasteiger partial charge in [-0.15, -0.1) is 0 Å². The average molecular weight is 339 g/mol. The second-order valence-corrected chi connectivity index (χ2v) is 7.14. The summed E-state index contributed by atoms with van der Waals surface area (Å²) in [5.41, 5.74) is 0. The van der Waals surface area contributed by atoms with E-state index in [1.165, 1.54) is 96.0 Å². The Hall–Kier alpha value is -0.790. The Balaban J connectivity index is 3.86. The minimum Gasteiger partial charge on any atom is -0.463 e. The van der Waals surface area contributed by atoms with Crippen molar-refractivity contribution < 1.29 is 9.53 Å². The van der Waals surface area contributed by atoms with Gasteiger partial charge >= 0.3 is 5.97 Å². The fourth-order valence-corrected chi connectivity index (χ4v) is 3.24. The first-order valence-corrected chi connectivity index (χ1v) is 10.5. The molecule has 0 unspecified atom stereocenters. The van der Waals surface area contributed by atoms with Crippen LogP contribution in [-0.4, -0.2) is 12.6 Å². The van der Waals surface area contributed by atoms with Gasteiger partial charge in [-0.05, 0) is 12.3 Å². The van der Waals surface area contributed by atoms with E-state index in [1.54, 1.807) is 0 Å². The highest BCUT2D eigenvalue weighted by atomic mass is 16.5. The smallest absolute Gasteiger partial charge is 0.330 e. The average Bonchev–Trinajstić information content (AvgIpc) is 2.60. The van der Waals surface area contributed by atoms with Gasteiger partial charge in [0.2, 0.25) is 0 Å². The predicted molar refractivity (Wildman–Crippen MR) is 105 cm³/mol. The highest BCUT2D eigenvalue weighted by Gasteiger charge is 2.10. The van der Waals surface area contributed by atoms with Crippen LogP contribution >= 0.6 is 0 Å². The molecule has 0 aliphatic rings. The molecule has 0 fully saturated rings. The van der Waals surface area contributed by atoms with Crippen LogP contribution in [0.25, 0.3) is 0 Å². The normalized spacial score (nSPS) is 11.0. The van der Waals surface area contributed by atoms with Gasteiger partial charge in [0.25, 0.3) is 0 Å². The highest BCUT2D eigenvalue weighted by molar-refractivity contribution is 5.81. The summed E-state index contributed by atoms with van der Waals surface area (Å²) in [5.74, 6) is 0.438. The van der Waals surface area contributed by atoms with E-state index in [-0.39, 0.29) is 5.97 Å². The molecule has 0 heterocycles. The molecule has 0 rings (SSSR count). The molecule has 24 heavy (non-hydrogen) atoms. The SMILES string of the molecule is C=CC(=O)OCCC(CCCCCCCC)CCCCCCCC. The molecule has 0 spiro atoms. The third kappa shape index (κ3) is 16.1. The first-order chi connectivity index (χ1) is 11.7. The van der Waals surface area contributed by atoms with Crippen molar-refractivity contribution in [1.29, 1.82) is 0 Å². The van der Waals surface area contributed by atoms with Gasteiger partial charge in [0.15, 0.2) is 0 Å². The molecule has 0 aliphatic carbocycles. The molecule has 0 saturated carbocycles. The topological polar surface area (TPSA) is 26.3 Å². The zero-order valence-corrected chi connectivity index (χ0v) is 16.5. The molecular weight excluding hydrogens is 296 g/mol. The third-order valence-corrected chi connectivity index (χ3v) is 4.87. The number of unbranched alkanes of at least 4 members (excludes halogenated alkanes) is 10. The summed E-state index contributed by atoms with van der Waals surface area (Å²) in [6, 6.07) is 0. The molecule has 0 atom stereocenters. The number of hydrogen-bond donors (Lipinski definition) is 0. The van der Waals surface area contributed by atoms with Crippen molar-refractivity contribution >= 4 is 5.97 Å². The summed E-state index contributed by atoms with van der Waals surface area (Å²) >= 11 is 0. The van der Waals surface area contributed by atoms with Gasteiger partial charge < -0.3 is 4.74 Å². The van der Waals surface area contributed by atoms with Gasteiger partial charge in [0, 0.05) is 6.08 Å². The molecular formula is C22H42O2. The standard InChI is InChI=1S/C22H42O2/c1-4-7-9-11-13-15-17-21(19-20-24-22(23)6-3)18-16-14-12-10-8-5-2/h6,21H,3-5,7-20H2,1-2H3. The maximum Gasteiger partial charge on any atom is 0.330 e. The first-order valence-electron chi connectivity index (χ1n) is 10.5. The van der Waals surface area contributed by atoms with Gasteiger partial charge in [-0.2, -0.15) is 0 Å². The molecule has 0 N–H and O–H groups in total. The Morgan fingerprint density at radius 3 is 1.71 bits per heavy atom. The first kappa shape index (κ1) is 23.2. The van der Waals surface area contributed by atoms with Crippen molar-refractivity contribution in [2.45, 2.75) is 110 Å². The maximum absolute atomic E-state index is 11.2. The molecule has 0 aromatic carbocycles. The van der Waals surface area contributed by atoms with E-state index in [0.717, 1.165) is 12.3 Å². The Morgan fingerprint density at radius 2 is 1.25 bits per heavy atom. The fraction of sp³-hybridized carbons (Fsp3) is 0.864. The van der Waals surface area contributed by atoms with Crippen LogP contribution in [-0.2, 0) is 9.53 Å². The molecule has 0 bridgehead atoms. The monoisotopic (exact) mass is 338 g/mol. The second kappa shape index (κ2) is 18.5. The number of esters is 1. The van der Waals surface area contributed by atoms with Crippen LogP contribution in [0.15, 0.2) is 12.7 Å². The van der Waals surface area contributed by atoms with E-state index in [9.17, 15) is 4.79 Å². The number of rotatable bonds is 18. The molecule has 2 nitrogen and oxygen atoms in total. The van der Waals surface area contributed by atoms with E-state index in [1.807, 2.05) is 0 Å².